The van der Waals surface area contributed by atoms with E-state index in [0.717, 1.165) is 5.56 Å². The summed E-state index contributed by atoms with van der Waals surface area (Å²) in [5.74, 6) is 0.159. The molecule has 0 aliphatic heterocycles. The SMILES string of the molecule is CC=Cc1ccc(OP(=O)(O)O)cc1. The van der Waals surface area contributed by atoms with Crippen molar-refractivity contribution in [2.45, 2.75) is 6.92 Å². The largest absolute Gasteiger partial charge is 0.524 e. The molecule has 0 radical (unpaired) electrons. The predicted octanol–water partition coefficient (Wildman–Crippen LogP) is 2.19. The van der Waals surface area contributed by atoms with Gasteiger partial charge in [-0.3, -0.25) is 9.79 Å². The molecule has 0 saturated carbocycles. The Bertz CT molecular complexity index is 363. The first kappa shape index (κ1) is 11.0. The Morgan fingerprint density at radius 1 is 1.29 bits per heavy atom. The first-order chi connectivity index (χ1) is 6.51. The molecule has 1 aromatic carbocycles. The van der Waals surface area contributed by atoms with Crippen LogP contribution in [0.2, 0.25) is 0 Å². The highest BCUT2D eigenvalue weighted by Crippen LogP contribution is 2.37. The Labute approximate surface area is 82.1 Å². The van der Waals surface area contributed by atoms with E-state index in [0.29, 0.717) is 0 Å². The minimum Gasteiger partial charge on any atom is -0.404 e. The average molecular weight is 214 g/mol. The molecular weight excluding hydrogens is 203 g/mol. The summed E-state index contributed by atoms with van der Waals surface area (Å²) in [6, 6.07) is 6.44. The number of hydrogen-bond acceptors (Lipinski definition) is 2. The Morgan fingerprint density at radius 3 is 2.29 bits per heavy atom. The quantitative estimate of drug-likeness (QED) is 0.757. The van der Waals surface area contributed by atoms with Gasteiger partial charge in [-0.25, -0.2) is 4.57 Å². The van der Waals surface area contributed by atoms with Gasteiger partial charge in [-0.1, -0.05) is 24.3 Å². The van der Waals surface area contributed by atoms with E-state index < -0.39 is 7.82 Å². The lowest BCUT2D eigenvalue weighted by Gasteiger charge is -2.06. The number of rotatable bonds is 3. The van der Waals surface area contributed by atoms with Gasteiger partial charge in [0.1, 0.15) is 5.75 Å². The summed E-state index contributed by atoms with van der Waals surface area (Å²) < 4.78 is 14.8. The zero-order chi connectivity index (χ0) is 10.6. The lowest BCUT2D eigenvalue weighted by atomic mass is 10.2. The first-order valence-corrected chi connectivity index (χ1v) is 5.52. The van der Waals surface area contributed by atoms with E-state index in [2.05, 4.69) is 4.52 Å². The van der Waals surface area contributed by atoms with E-state index in [1.807, 2.05) is 19.1 Å². The van der Waals surface area contributed by atoms with Crippen LogP contribution in [0.3, 0.4) is 0 Å². The number of phosphoric ester groups is 1. The maximum atomic E-state index is 10.5. The van der Waals surface area contributed by atoms with Crippen molar-refractivity contribution >= 4 is 13.9 Å². The number of phosphoric acid groups is 1. The molecule has 2 N–H and O–H groups in total. The van der Waals surface area contributed by atoms with Crippen LogP contribution < -0.4 is 4.52 Å². The van der Waals surface area contributed by atoms with E-state index in [9.17, 15) is 4.57 Å². The summed E-state index contributed by atoms with van der Waals surface area (Å²) >= 11 is 0. The van der Waals surface area contributed by atoms with Crippen LogP contribution in [0.15, 0.2) is 30.3 Å². The Balaban J connectivity index is 2.79. The monoisotopic (exact) mass is 214 g/mol. The van der Waals surface area contributed by atoms with E-state index in [4.69, 9.17) is 9.79 Å². The van der Waals surface area contributed by atoms with Gasteiger partial charge in [0.25, 0.3) is 0 Å². The second-order valence-corrected chi connectivity index (χ2v) is 3.81. The Hall–Kier alpha value is -1.09. The molecule has 0 saturated heterocycles. The van der Waals surface area contributed by atoms with Crippen LogP contribution in [0, 0.1) is 0 Å². The zero-order valence-corrected chi connectivity index (χ0v) is 8.52. The summed E-state index contributed by atoms with van der Waals surface area (Å²) in [6.07, 6.45) is 3.75. The van der Waals surface area contributed by atoms with Crippen LogP contribution in [-0.2, 0) is 4.57 Å². The maximum absolute atomic E-state index is 10.5. The zero-order valence-electron chi connectivity index (χ0n) is 7.62. The van der Waals surface area contributed by atoms with Crippen molar-refractivity contribution in [3.05, 3.63) is 35.9 Å². The summed E-state index contributed by atoms with van der Waals surface area (Å²) in [4.78, 5) is 17.0. The van der Waals surface area contributed by atoms with Crippen molar-refractivity contribution in [1.29, 1.82) is 0 Å². The van der Waals surface area contributed by atoms with Gasteiger partial charge >= 0.3 is 7.82 Å². The van der Waals surface area contributed by atoms with Gasteiger partial charge in [0.15, 0.2) is 0 Å². The van der Waals surface area contributed by atoms with Crippen molar-refractivity contribution < 1.29 is 18.9 Å². The molecule has 5 heteroatoms. The Kier molecular flexibility index (Phi) is 3.47. The minimum atomic E-state index is -4.44. The fourth-order valence-electron chi connectivity index (χ4n) is 0.970. The molecule has 14 heavy (non-hydrogen) atoms. The molecule has 0 aliphatic rings. The second kappa shape index (κ2) is 4.42. The van der Waals surface area contributed by atoms with Crippen molar-refractivity contribution in [1.82, 2.24) is 0 Å². The fourth-order valence-corrected chi connectivity index (χ4v) is 1.37. The van der Waals surface area contributed by atoms with Crippen molar-refractivity contribution in [2.24, 2.45) is 0 Å². The van der Waals surface area contributed by atoms with Gasteiger partial charge in [-0.2, -0.15) is 0 Å². The van der Waals surface area contributed by atoms with Gasteiger partial charge in [-0.15, -0.1) is 0 Å². The molecule has 0 aromatic heterocycles. The molecule has 76 valence electrons. The van der Waals surface area contributed by atoms with E-state index in [-0.39, 0.29) is 5.75 Å². The van der Waals surface area contributed by atoms with Crippen LogP contribution in [-0.4, -0.2) is 9.79 Å². The van der Waals surface area contributed by atoms with Gasteiger partial charge in [-0.05, 0) is 24.6 Å². The number of hydrogen-bond donors (Lipinski definition) is 2. The standard InChI is InChI=1S/C9H11O4P/c1-2-3-8-4-6-9(7-5-8)13-14(10,11)12/h2-7H,1H3,(H2,10,11,12). The van der Waals surface area contributed by atoms with Gasteiger partial charge < -0.3 is 4.52 Å². The fraction of sp³-hybridized carbons (Fsp3) is 0.111. The van der Waals surface area contributed by atoms with Gasteiger partial charge in [0, 0.05) is 0 Å². The van der Waals surface area contributed by atoms with E-state index in [1.165, 1.54) is 12.1 Å². The molecule has 0 fully saturated rings. The van der Waals surface area contributed by atoms with E-state index >= 15 is 0 Å². The third kappa shape index (κ3) is 3.75. The van der Waals surface area contributed by atoms with Crippen molar-refractivity contribution in [3.63, 3.8) is 0 Å². The third-order valence-corrected chi connectivity index (χ3v) is 1.91. The average Bonchev–Trinajstić information content (AvgIpc) is 2.06. The summed E-state index contributed by atoms with van der Waals surface area (Å²) in [7, 11) is -4.44. The lowest BCUT2D eigenvalue weighted by Crippen LogP contribution is -1.89. The van der Waals surface area contributed by atoms with Crippen LogP contribution >= 0.6 is 7.82 Å². The molecule has 0 aliphatic carbocycles. The summed E-state index contributed by atoms with van der Waals surface area (Å²) in [5, 5.41) is 0. The minimum absolute atomic E-state index is 0.159. The molecule has 0 unspecified atom stereocenters. The second-order valence-electron chi connectivity index (χ2n) is 2.65. The third-order valence-electron chi connectivity index (χ3n) is 1.46. The normalized spacial score (nSPS) is 11.9. The molecular formula is C9H11O4P. The van der Waals surface area contributed by atoms with Gasteiger partial charge in [0.2, 0.25) is 0 Å². The molecule has 1 aromatic rings. The highest BCUT2D eigenvalue weighted by molar-refractivity contribution is 7.46. The van der Waals surface area contributed by atoms with Gasteiger partial charge in [0.05, 0.1) is 0 Å². The molecule has 0 bridgehead atoms. The maximum Gasteiger partial charge on any atom is 0.524 e. The predicted molar refractivity (Wildman–Crippen MR) is 53.8 cm³/mol. The molecule has 4 nitrogen and oxygen atoms in total. The van der Waals surface area contributed by atoms with Crippen molar-refractivity contribution in [3.8, 4) is 5.75 Å². The highest BCUT2D eigenvalue weighted by atomic mass is 31.2. The van der Waals surface area contributed by atoms with Crippen LogP contribution in [0.25, 0.3) is 6.08 Å². The molecule has 1 rings (SSSR count). The summed E-state index contributed by atoms with van der Waals surface area (Å²) in [6.45, 7) is 1.89. The highest BCUT2D eigenvalue weighted by Gasteiger charge is 2.14. The van der Waals surface area contributed by atoms with Crippen molar-refractivity contribution in [2.75, 3.05) is 0 Å². The van der Waals surface area contributed by atoms with Crippen LogP contribution in [0.4, 0.5) is 0 Å². The number of benzene rings is 1. The first-order valence-electron chi connectivity index (χ1n) is 3.99. The molecule has 0 spiro atoms. The topological polar surface area (TPSA) is 66.8 Å². The smallest absolute Gasteiger partial charge is 0.404 e. The molecule has 0 atom stereocenters. The number of allylic oxidation sites excluding steroid dienone is 1. The van der Waals surface area contributed by atoms with Crippen LogP contribution in [0.5, 0.6) is 5.75 Å². The molecule has 0 heterocycles. The lowest BCUT2D eigenvalue weighted by molar-refractivity contribution is 0.283. The molecule has 0 amide bonds. The summed E-state index contributed by atoms with van der Waals surface area (Å²) in [5.41, 5.74) is 0.950. The van der Waals surface area contributed by atoms with E-state index in [1.54, 1.807) is 12.1 Å². The Morgan fingerprint density at radius 2 is 1.86 bits per heavy atom. The van der Waals surface area contributed by atoms with Crippen LogP contribution in [0.1, 0.15) is 12.5 Å².